The van der Waals surface area contributed by atoms with Crippen molar-refractivity contribution in [2.45, 2.75) is 11.3 Å². The molecule has 19 heavy (non-hydrogen) atoms. The number of ketones is 1. The first-order valence-corrected chi connectivity index (χ1v) is 6.87. The van der Waals surface area contributed by atoms with Crippen LogP contribution >= 0.6 is 11.6 Å². The molecule has 1 aromatic carbocycles. The van der Waals surface area contributed by atoms with E-state index in [2.05, 4.69) is 0 Å². The van der Waals surface area contributed by atoms with Gasteiger partial charge in [0.15, 0.2) is 5.78 Å². The Morgan fingerprint density at radius 2 is 2.00 bits per heavy atom. The van der Waals surface area contributed by atoms with E-state index in [1.54, 1.807) is 0 Å². The number of carboxylic acids is 1. The Morgan fingerprint density at radius 3 is 2.53 bits per heavy atom. The summed E-state index contributed by atoms with van der Waals surface area (Å²) in [7, 11) is -3.96. The zero-order valence-corrected chi connectivity index (χ0v) is 11.1. The maximum Gasteiger partial charge on any atom is 0.311 e. The zero-order valence-electron chi connectivity index (χ0n) is 9.54. The van der Waals surface area contributed by atoms with Crippen LogP contribution in [-0.2, 0) is 19.6 Å². The van der Waals surface area contributed by atoms with Crippen molar-refractivity contribution < 1.29 is 23.1 Å². The molecule has 6 nitrogen and oxygen atoms in total. The molecular weight excluding hydrogens is 294 g/mol. The molecule has 0 bridgehead atoms. The smallest absolute Gasteiger partial charge is 0.311 e. The second-order valence-electron chi connectivity index (χ2n) is 3.61. The molecule has 0 aliphatic heterocycles. The Morgan fingerprint density at radius 1 is 1.37 bits per heavy atom. The van der Waals surface area contributed by atoms with Gasteiger partial charge >= 0.3 is 5.97 Å². The molecule has 0 saturated carbocycles. The number of aliphatic carboxylic acids is 1. The minimum Gasteiger partial charge on any atom is -0.481 e. The van der Waals surface area contributed by atoms with E-state index in [9.17, 15) is 18.0 Å². The predicted molar refractivity (Wildman–Crippen MR) is 69.1 cm³/mol. The summed E-state index contributed by atoms with van der Waals surface area (Å²) < 4.78 is 22.4. The highest BCUT2D eigenvalue weighted by Crippen LogP contribution is 2.22. The number of hydrogen-bond acceptors (Lipinski definition) is 4. The molecule has 0 aliphatic rings. The topological polar surface area (TPSA) is 115 Å². The van der Waals surface area contributed by atoms with Crippen LogP contribution in [0.3, 0.4) is 0 Å². The van der Waals surface area contributed by atoms with Gasteiger partial charge in [-0.05, 0) is 23.8 Å². The number of benzene rings is 1. The van der Waals surface area contributed by atoms with Crippen molar-refractivity contribution in [2.24, 2.45) is 5.14 Å². The molecule has 0 aliphatic carbocycles. The number of carbonyl (C=O) groups is 2. The molecule has 0 unspecified atom stereocenters. The molecule has 0 saturated heterocycles. The van der Waals surface area contributed by atoms with Crippen LogP contribution in [-0.4, -0.2) is 25.3 Å². The van der Waals surface area contributed by atoms with Gasteiger partial charge in [-0.15, -0.1) is 0 Å². The third-order valence-electron chi connectivity index (χ3n) is 2.05. The molecule has 0 heterocycles. The van der Waals surface area contributed by atoms with Gasteiger partial charge in [0.2, 0.25) is 10.0 Å². The van der Waals surface area contributed by atoms with E-state index < -0.39 is 28.2 Å². The summed E-state index contributed by atoms with van der Waals surface area (Å²) in [6.07, 6.45) is 1.70. The number of halogens is 1. The van der Waals surface area contributed by atoms with Gasteiger partial charge in [-0.1, -0.05) is 23.7 Å². The van der Waals surface area contributed by atoms with Crippen molar-refractivity contribution in [3.63, 3.8) is 0 Å². The summed E-state index contributed by atoms with van der Waals surface area (Å²) in [5.41, 5.74) is 0.368. The van der Waals surface area contributed by atoms with Crippen molar-refractivity contribution in [1.82, 2.24) is 0 Å². The molecule has 3 N–H and O–H groups in total. The van der Waals surface area contributed by atoms with Crippen molar-refractivity contribution in [2.75, 3.05) is 0 Å². The molecule has 1 aromatic rings. The van der Waals surface area contributed by atoms with E-state index in [0.717, 1.165) is 6.08 Å². The lowest BCUT2D eigenvalue weighted by Gasteiger charge is -2.02. The first kappa shape index (κ1) is 15.4. The quantitative estimate of drug-likeness (QED) is 0.623. The molecule has 102 valence electrons. The minimum absolute atomic E-state index is 0.0310. The van der Waals surface area contributed by atoms with E-state index in [1.165, 1.54) is 24.3 Å². The standard InChI is InChI=1S/C11H10ClNO5S/c12-9-4-2-7(5-10(9)19(13,17)18)1-3-8(14)6-11(15)16/h1-5H,6H2,(H,15,16)(H2,13,17,18). The molecule has 0 spiro atoms. The van der Waals surface area contributed by atoms with Gasteiger partial charge < -0.3 is 5.11 Å². The second kappa shape index (κ2) is 5.96. The summed E-state index contributed by atoms with van der Waals surface area (Å²) in [6, 6.07) is 3.99. The van der Waals surface area contributed by atoms with Crippen LogP contribution < -0.4 is 5.14 Å². The maximum atomic E-state index is 11.2. The van der Waals surface area contributed by atoms with Crippen LogP contribution in [0, 0.1) is 0 Å². The molecular formula is C11H10ClNO5S. The number of nitrogens with two attached hydrogens (primary N) is 1. The van der Waals surface area contributed by atoms with Gasteiger partial charge in [0.25, 0.3) is 0 Å². The summed E-state index contributed by atoms with van der Waals surface area (Å²) >= 11 is 5.68. The van der Waals surface area contributed by atoms with Crippen LogP contribution in [0.15, 0.2) is 29.2 Å². The third-order valence-corrected chi connectivity index (χ3v) is 3.44. The predicted octanol–water partition coefficient (Wildman–Crippen LogP) is 1.04. The van der Waals surface area contributed by atoms with Crippen LogP contribution in [0.5, 0.6) is 0 Å². The Kier molecular flexibility index (Phi) is 4.82. The zero-order chi connectivity index (χ0) is 14.6. The molecule has 0 radical (unpaired) electrons. The lowest BCUT2D eigenvalue weighted by molar-refractivity contribution is -0.139. The monoisotopic (exact) mass is 303 g/mol. The fraction of sp³-hybridized carbons (Fsp3) is 0.0909. The Bertz CT molecular complexity index is 651. The van der Waals surface area contributed by atoms with Crippen molar-refractivity contribution in [3.8, 4) is 0 Å². The lowest BCUT2D eigenvalue weighted by atomic mass is 10.2. The maximum absolute atomic E-state index is 11.2. The number of allylic oxidation sites excluding steroid dienone is 1. The second-order valence-corrected chi connectivity index (χ2v) is 5.54. The Hall–Kier alpha value is -1.70. The molecule has 0 fully saturated rings. The van der Waals surface area contributed by atoms with Gasteiger partial charge in [-0.3, -0.25) is 9.59 Å². The SMILES string of the molecule is NS(=O)(=O)c1cc(C=CC(=O)CC(=O)O)ccc1Cl. The van der Waals surface area contributed by atoms with Gasteiger partial charge in [0.05, 0.1) is 5.02 Å². The average molecular weight is 304 g/mol. The minimum atomic E-state index is -3.96. The van der Waals surface area contributed by atoms with E-state index in [4.69, 9.17) is 21.8 Å². The highest BCUT2D eigenvalue weighted by atomic mass is 35.5. The van der Waals surface area contributed by atoms with E-state index >= 15 is 0 Å². The summed E-state index contributed by atoms with van der Waals surface area (Å²) in [5.74, 6) is -1.85. The highest BCUT2D eigenvalue weighted by molar-refractivity contribution is 7.89. The van der Waals surface area contributed by atoms with Crippen molar-refractivity contribution >= 4 is 39.5 Å². The summed E-state index contributed by atoms with van der Waals surface area (Å²) in [6.45, 7) is 0. The number of hydrogen-bond donors (Lipinski definition) is 2. The van der Waals surface area contributed by atoms with Crippen LogP contribution in [0.25, 0.3) is 6.08 Å². The largest absolute Gasteiger partial charge is 0.481 e. The van der Waals surface area contributed by atoms with Gasteiger partial charge in [0.1, 0.15) is 11.3 Å². The van der Waals surface area contributed by atoms with Gasteiger partial charge in [-0.2, -0.15) is 0 Å². The van der Waals surface area contributed by atoms with E-state index in [0.29, 0.717) is 5.56 Å². The molecule has 1 rings (SSSR count). The molecule has 0 aromatic heterocycles. The number of sulfonamides is 1. The first-order chi connectivity index (χ1) is 8.70. The van der Waals surface area contributed by atoms with Gasteiger partial charge in [0, 0.05) is 0 Å². The lowest BCUT2D eigenvalue weighted by Crippen LogP contribution is -2.12. The van der Waals surface area contributed by atoms with E-state index in [1.807, 2.05) is 0 Å². The molecule has 8 heteroatoms. The van der Waals surface area contributed by atoms with Crippen LogP contribution in [0.2, 0.25) is 5.02 Å². The fourth-order valence-electron chi connectivity index (χ4n) is 1.24. The van der Waals surface area contributed by atoms with Crippen LogP contribution in [0.4, 0.5) is 0 Å². The highest BCUT2D eigenvalue weighted by Gasteiger charge is 2.13. The molecule has 0 amide bonds. The number of rotatable bonds is 5. The van der Waals surface area contributed by atoms with E-state index in [-0.39, 0.29) is 9.92 Å². The fourth-order valence-corrected chi connectivity index (χ4v) is 2.32. The number of carbonyl (C=O) groups excluding carboxylic acids is 1. The Labute approximate surface area is 114 Å². The number of primary sulfonamides is 1. The molecule has 0 atom stereocenters. The first-order valence-electron chi connectivity index (χ1n) is 4.95. The summed E-state index contributed by atoms with van der Waals surface area (Å²) in [4.78, 5) is 21.2. The third kappa shape index (κ3) is 4.82. The van der Waals surface area contributed by atoms with Gasteiger partial charge in [-0.25, -0.2) is 13.6 Å². The summed E-state index contributed by atoms with van der Waals surface area (Å²) in [5, 5.41) is 13.3. The Balaban J connectivity index is 3.01. The van der Waals surface area contributed by atoms with Crippen molar-refractivity contribution in [1.29, 1.82) is 0 Å². The van der Waals surface area contributed by atoms with Crippen molar-refractivity contribution in [3.05, 3.63) is 34.9 Å². The normalized spacial score (nSPS) is 11.7. The number of carboxylic acid groups (broad SMARTS) is 1. The average Bonchev–Trinajstić information content (AvgIpc) is 2.25. The van der Waals surface area contributed by atoms with Crippen LogP contribution in [0.1, 0.15) is 12.0 Å².